The number of aryl methyl sites for hydroxylation is 4. The molecule has 1 amide bonds. The predicted octanol–water partition coefficient (Wildman–Crippen LogP) is 4.68. The van der Waals surface area contributed by atoms with Crippen LogP contribution in [0.3, 0.4) is 0 Å². The second-order valence-electron chi connectivity index (χ2n) is 6.82. The molecule has 0 saturated heterocycles. The van der Waals surface area contributed by atoms with E-state index in [1.807, 2.05) is 38.1 Å². The fourth-order valence-electron chi connectivity index (χ4n) is 3.57. The van der Waals surface area contributed by atoms with Crippen molar-refractivity contribution in [3.8, 4) is 0 Å². The van der Waals surface area contributed by atoms with Gasteiger partial charge in [0, 0.05) is 16.6 Å². The van der Waals surface area contributed by atoms with E-state index in [1.165, 1.54) is 16.5 Å². The first kappa shape index (κ1) is 16.7. The minimum Gasteiger partial charge on any atom is -0.332 e. The van der Waals surface area contributed by atoms with Crippen LogP contribution in [-0.2, 0) is 12.8 Å². The SMILES string of the molecule is Cc1ccc(C(=O)NC(=S)Nc2ccc3c4c(cccc24)CC3)cc1C. The van der Waals surface area contributed by atoms with Crippen LogP contribution in [-0.4, -0.2) is 11.0 Å². The molecule has 3 aromatic rings. The summed E-state index contributed by atoms with van der Waals surface area (Å²) in [5, 5.41) is 8.76. The molecule has 0 unspecified atom stereocenters. The van der Waals surface area contributed by atoms with Crippen LogP contribution in [0, 0.1) is 13.8 Å². The zero-order valence-corrected chi connectivity index (χ0v) is 15.7. The van der Waals surface area contributed by atoms with Crippen LogP contribution < -0.4 is 10.6 Å². The van der Waals surface area contributed by atoms with Gasteiger partial charge in [-0.2, -0.15) is 0 Å². The molecule has 1 aliphatic carbocycles. The van der Waals surface area contributed by atoms with Crippen LogP contribution in [0.2, 0.25) is 0 Å². The predicted molar refractivity (Wildman–Crippen MR) is 111 cm³/mol. The lowest BCUT2D eigenvalue weighted by Crippen LogP contribution is -2.34. The number of amides is 1. The third-order valence-corrected chi connectivity index (χ3v) is 5.33. The van der Waals surface area contributed by atoms with E-state index in [-0.39, 0.29) is 5.91 Å². The van der Waals surface area contributed by atoms with E-state index in [1.54, 1.807) is 0 Å². The van der Waals surface area contributed by atoms with Crippen molar-refractivity contribution >= 4 is 39.7 Å². The first-order valence-corrected chi connectivity index (χ1v) is 9.17. The van der Waals surface area contributed by atoms with Crippen molar-refractivity contribution < 1.29 is 4.79 Å². The Labute approximate surface area is 158 Å². The van der Waals surface area contributed by atoms with Crippen molar-refractivity contribution in [2.45, 2.75) is 26.7 Å². The van der Waals surface area contributed by atoms with E-state index in [2.05, 4.69) is 34.9 Å². The molecule has 0 fully saturated rings. The van der Waals surface area contributed by atoms with Crippen molar-refractivity contribution in [1.29, 1.82) is 0 Å². The molecule has 3 nitrogen and oxygen atoms in total. The molecule has 130 valence electrons. The van der Waals surface area contributed by atoms with Crippen molar-refractivity contribution in [2.24, 2.45) is 0 Å². The van der Waals surface area contributed by atoms with E-state index in [0.29, 0.717) is 10.7 Å². The fourth-order valence-corrected chi connectivity index (χ4v) is 3.77. The van der Waals surface area contributed by atoms with E-state index in [9.17, 15) is 4.79 Å². The summed E-state index contributed by atoms with van der Waals surface area (Å²) in [5.74, 6) is -0.198. The van der Waals surface area contributed by atoms with Crippen molar-refractivity contribution in [1.82, 2.24) is 5.32 Å². The quantitative estimate of drug-likeness (QED) is 0.652. The van der Waals surface area contributed by atoms with Gasteiger partial charge in [0.1, 0.15) is 0 Å². The van der Waals surface area contributed by atoms with Gasteiger partial charge in [-0.3, -0.25) is 10.1 Å². The lowest BCUT2D eigenvalue weighted by Gasteiger charge is -2.13. The third-order valence-electron chi connectivity index (χ3n) is 5.12. The monoisotopic (exact) mass is 360 g/mol. The van der Waals surface area contributed by atoms with Gasteiger partial charge in [-0.1, -0.05) is 30.3 Å². The van der Waals surface area contributed by atoms with Gasteiger partial charge in [-0.25, -0.2) is 0 Å². The smallest absolute Gasteiger partial charge is 0.257 e. The number of nitrogens with one attached hydrogen (secondary N) is 2. The number of carbonyl (C=O) groups is 1. The molecule has 0 heterocycles. The van der Waals surface area contributed by atoms with Crippen LogP contribution in [0.1, 0.15) is 32.6 Å². The second-order valence-corrected chi connectivity index (χ2v) is 7.23. The number of hydrogen-bond acceptors (Lipinski definition) is 2. The third kappa shape index (κ3) is 2.97. The number of hydrogen-bond donors (Lipinski definition) is 2. The number of carbonyl (C=O) groups excluding carboxylic acids is 1. The number of rotatable bonds is 2. The highest BCUT2D eigenvalue weighted by atomic mass is 32.1. The van der Waals surface area contributed by atoms with E-state index < -0.39 is 0 Å². The van der Waals surface area contributed by atoms with E-state index >= 15 is 0 Å². The minimum atomic E-state index is -0.198. The molecule has 0 saturated carbocycles. The van der Waals surface area contributed by atoms with Gasteiger partial charge in [-0.05, 0) is 84.7 Å². The standard InChI is InChI=1S/C22H20N2OS/c1-13-6-7-17(12-14(13)2)21(25)24-22(26)23-19-11-10-16-9-8-15-4-3-5-18(19)20(15)16/h3-7,10-12H,8-9H2,1-2H3,(H2,23,24,25,26). The molecule has 0 atom stereocenters. The number of anilines is 1. The Balaban J connectivity index is 1.55. The molecule has 0 aliphatic heterocycles. The number of benzene rings is 3. The average molecular weight is 360 g/mol. The molecule has 0 spiro atoms. The summed E-state index contributed by atoms with van der Waals surface area (Å²) >= 11 is 5.37. The highest BCUT2D eigenvalue weighted by Gasteiger charge is 2.16. The Morgan fingerprint density at radius 3 is 2.50 bits per heavy atom. The minimum absolute atomic E-state index is 0.198. The van der Waals surface area contributed by atoms with Gasteiger partial charge in [0.2, 0.25) is 0 Å². The summed E-state index contributed by atoms with van der Waals surface area (Å²) in [4.78, 5) is 12.5. The van der Waals surface area contributed by atoms with Gasteiger partial charge < -0.3 is 5.32 Å². The van der Waals surface area contributed by atoms with Crippen LogP contribution in [0.5, 0.6) is 0 Å². The van der Waals surface area contributed by atoms with Gasteiger partial charge >= 0.3 is 0 Å². The van der Waals surface area contributed by atoms with Crippen molar-refractivity contribution in [3.05, 3.63) is 76.3 Å². The van der Waals surface area contributed by atoms with E-state index in [4.69, 9.17) is 12.2 Å². The Morgan fingerprint density at radius 1 is 0.962 bits per heavy atom. The first-order chi connectivity index (χ1) is 12.5. The Morgan fingerprint density at radius 2 is 1.73 bits per heavy atom. The van der Waals surface area contributed by atoms with Crippen LogP contribution in [0.25, 0.3) is 10.8 Å². The molecular formula is C22H20N2OS. The van der Waals surface area contributed by atoms with Crippen molar-refractivity contribution in [3.63, 3.8) is 0 Å². The molecule has 26 heavy (non-hydrogen) atoms. The highest BCUT2D eigenvalue weighted by molar-refractivity contribution is 7.80. The molecule has 4 heteroatoms. The molecule has 0 radical (unpaired) electrons. The van der Waals surface area contributed by atoms with Crippen LogP contribution in [0.15, 0.2) is 48.5 Å². The normalized spacial score (nSPS) is 12.2. The summed E-state index contributed by atoms with van der Waals surface area (Å²) in [5.41, 5.74) is 6.55. The molecule has 1 aliphatic rings. The highest BCUT2D eigenvalue weighted by Crippen LogP contribution is 2.34. The van der Waals surface area contributed by atoms with Crippen LogP contribution in [0.4, 0.5) is 5.69 Å². The van der Waals surface area contributed by atoms with Gasteiger partial charge in [0.15, 0.2) is 5.11 Å². The Kier molecular flexibility index (Phi) is 4.21. The maximum Gasteiger partial charge on any atom is 0.257 e. The molecule has 4 rings (SSSR count). The maximum absolute atomic E-state index is 12.5. The summed E-state index contributed by atoms with van der Waals surface area (Å²) in [7, 11) is 0. The zero-order chi connectivity index (χ0) is 18.3. The fraction of sp³-hybridized carbons (Fsp3) is 0.182. The second kappa shape index (κ2) is 6.54. The molecular weight excluding hydrogens is 340 g/mol. The molecule has 0 aromatic heterocycles. The zero-order valence-electron chi connectivity index (χ0n) is 14.8. The van der Waals surface area contributed by atoms with Gasteiger partial charge in [-0.15, -0.1) is 0 Å². The topological polar surface area (TPSA) is 41.1 Å². The Hall–Kier alpha value is -2.72. The summed E-state index contributed by atoms with van der Waals surface area (Å²) in [6, 6.07) is 16.2. The summed E-state index contributed by atoms with van der Waals surface area (Å²) in [6.07, 6.45) is 2.17. The lowest BCUT2D eigenvalue weighted by molar-refractivity contribution is 0.0977. The van der Waals surface area contributed by atoms with Crippen molar-refractivity contribution in [2.75, 3.05) is 5.32 Å². The molecule has 3 aromatic carbocycles. The molecule has 0 bridgehead atoms. The van der Waals surface area contributed by atoms with E-state index in [0.717, 1.165) is 35.0 Å². The van der Waals surface area contributed by atoms with Gasteiger partial charge in [0.05, 0.1) is 0 Å². The maximum atomic E-state index is 12.5. The Bertz CT molecular complexity index is 1050. The van der Waals surface area contributed by atoms with Crippen LogP contribution >= 0.6 is 12.2 Å². The largest absolute Gasteiger partial charge is 0.332 e. The lowest BCUT2D eigenvalue weighted by atomic mass is 10.0. The van der Waals surface area contributed by atoms with Gasteiger partial charge in [0.25, 0.3) is 5.91 Å². The summed E-state index contributed by atoms with van der Waals surface area (Å²) in [6.45, 7) is 4.02. The summed E-state index contributed by atoms with van der Waals surface area (Å²) < 4.78 is 0. The molecule has 2 N–H and O–H groups in total. The average Bonchev–Trinajstić information content (AvgIpc) is 3.04. The number of thiocarbonyl (C=S) groups is 1. The first-order valence-electron chi connectivity index (χ1n) is 8.76.